The zero-order valence-electron chi connectivity index (χ0n) is 9.91. The highest BCUT2D eigenvalue weighted by Gasteiger charge is 2.25. The van der Waals surface area contributed by atoms with E-state index in [0.29, 0.717) is 0 Å². The van der Waals surface area contributed by atoms with Gasteiger partial charge in [-0.3, -0.25) is 0 Å². The smallest absolute Gasteiger partial charge is 0.0931 e. The van der Waals surface area contributed by atoms with E-state index in [2.05, 4.69) is 27.4 Å². The molecule has 0 amide bonds. The molecule has 2 aromatic rings. The number of imidazole rings is 1. The van der Waals surface area contributed by atoms with Gasteiger partial charge in [-0.25, -0.2) is 4.98 Å². The Morgan fingerprint density at radius 1 is 1.44 bits per heavy atom. The topological polar surface area (TPSA) is 66.7 Å². The number of nitrogens with zero attached hydrogens (tertiary/aromatic N) is 1. The normalized spacial score (nSPS) is 14.2. The molecule has 16 heavy (non-hydrogen) atoms. The Bertz CT molecular complexity index is 481. The van der Waals surface area contributed by atoms with Crippen LogP contribution in [-0.4, -0.2) is 22.6 Å². The first-order valence-corrected chi connectivity index (χ1v) is 5.41. The first kappa shape index (κ1) is 11.1. The van der Waals surface area contributed by atoms with Gasteiger partial charge in [-0.2, -0.15) is 0 Å². The number of likely N-dealkylation sites (N-methyl/N-ethyl adjacent to an activating group) is 1. The standard InChI is InChI=1S/C12H18N4/c1-12(2,13)11(14-3)8-4-5-9-10(6-8)16-7-15-9/h4-7,11,14H,13H2,1-3H3,(H,15,16). The second kappa shape index (κ2) is 3.88. The lowest BCUT2D eigenvalue weighted by atomic mass is 9.89. The first-order chi connectivity index (χ1) is 7.52. The Hall–Kier alpha value is -1.39. The van der Waals surface area contributed by atoms with Gasteiger partial charge in [0.15, 0.2) is 0 Å². The average molecular weight is 218 g/mol. The zero-order chi connectivity index (χ0) is 11.8. The fourth-order valence-electron chi connectivity index (χ4n) is 2.10. The van der Waals surface area contributed by atoms with Crippen molar-refractivity contribution in [1.29, 1.82) is 0 Å². The minimum Gasteiger partial charge on any atom is -0.345 e. The molecule has 0 aliphatic heterocycles. The molecule has 0 radical (unpaired) electrons. The molecule has 1 unspecified atom stereocenters. The van der Waals surface area contributed by atoms with E-state index in [1.807, 2.05) is 27.0 Å². The molecule has 1 atom stereocenters. The molecule has 0 spiro atoms. The summed E-state index contributed by atoms with van der Waals surface area (Å²) in [4.78, 5) is 7.31. The van der Waals surface area contributed by atoms with Crippen molar-refractivity contribution in [2.45, 2.75) is 25.4 Å². The SMILES string of the molecule is CNC(c1ccc2nc[nH]c2c1)C(C)(C)N. The lowest BCUT2D eigenvalue weighted by Crippen LogP contribution is -2.45. The second-order valence-electron chi connectivity index (χ2n) is 4.72. The van der Waals surface area contributed by atoms with E-state index in [4.69, 9.17) is 5.73 Å². The van der Waals surface area contributed by atoms with Crippen LogP contribution in [0.3, 0.4) is 0 Å². The molecular weight excluding hydrogens is 200 g/mol. The molecule has 1 aromatic carbocycles. The average Bonchev–Trinajstić information content (AvgIpc) is 2.63. The number of hydrogen-bond donors (Lipinski definition) is 3. The van der Waals surface area contributed by atoms with Gasteiger partial charge in [0.2, 0.25) is 0 Å². The molecule has 1 heterocycles. The Balaban J connectivity index is 2.45. The van der Waals surface area contributed by atoms with Gasteiger partial charge in [-0.05, 0) is 38.6 Å². The number of rotatable bonds is 3. The van der Waals surface area contributed by atoms with E-state index in [0.717, 1.165) is 11.0 Å². The van der Waals surface area contributed by atoms with Crippen LogP contribution in [0.5, 0.6) is 0 Å². The minimum absolute atomic E-state index is 0.125. The summed E-state index contributed by atoms with van der Waals surface area (Å²) in [5.41, 5.74) is 9.05. The summed E-state index contributed by atoms with van der Waals surface area (Å²) in [6.45, 7) is 4.04. The van der Waals surface area contributed by atoms with E-state index in [1.165, 1.54) is 5.56 Å². The van der Waals surface area contributed by atoms with Crippen molar-refractivity contribution in [2.24, 2.45) is 5.73 Å². The summed E-state index contributed by atoms with van der Waals surface area (Å²) in [5, 5.41) is 3.26. The van der Waals surface area contributed by atoms with Gasteiger partial charge < -0.3 is 16.0 Å². The summed E-state index contributed by atoms with van der Waals surface area (Å²) in [6, 6.07) is 6.30. The zero-order valence-corrected chi connectivity index (χ0v) is 9.91. The van der Waals surface area contributed by atoms with Gasteiger partial charge in [-0.1, -0.05) is 6.07 Å². The van der Waals surface area contributed by atoms with Crippen LogP contribution in [0.4, 0.5) is 0 Å². The maximum absolute atomic E-state index is 6.15. The van der Waals surface area contributed by atoms with Crippen LogP contribution in [0.2, 0.25) is 0 Å². The van der Waals surface area contributed by atoms with Crippen LogP contribution in [0.15, 0.2) is 24.5 Å². The number of fused-ring (bicyclic) bond motifs is 1. The predicted molar refractivity (Wildman–Crippen MR) is 66.2 cm³/mol. The van der Waals surface area contributed by atoms with Crippen molar-refractivity contribution in [3.05, 3.63) is 30.1 Å². The quantitative estimate of drug-likeness (QED) is 0.732. The van der Waals surface area contributed by atoms with E-state index < -0.39 is 0 Å². The van der Waals surface area contributed by atoms with Gasteiger partial charge in [0.05, 0.1) is 17.4 Å². The third kappa shape index (κ3) is 1.94. The number of nitrogens with one attached hydrogen (secondary N) is 2. The maximum Gasteiger partial charge on any atom is 0.0931 e. The highest BCUT2D eigenvalue weighted by atomic mass is 15.0. The van der Waals surface area contributed by atoms with Crippen LogP contribution in [0, 0.1) is 0 Å². The molecule has 86 valence electrons. The third-order valence-electron chi connectivity index (χ3n) is 2.81. The Morgan fingerprint density at radius 3 is 2.81 bits per heavy atom. The van der Waals surface area contributed by atoms with Crippen LogP contribution in [-0.2, 0) is 0 Å². The third-order valence-corrected chi connectivity index (χ3v) is 2.81. The highest BCUT2D eigenvalue weighted by Crippen LogP contribution is 2.25. The van der Waals surface area contributed by atoms with Gasteiger partial charge in [0.1, 0.15) is 0 Å². The fourth-order valence-corrected chi connectivity index (χ4v) is 2.10. The van der Waals surface area contributed by atoms with E-state index in [1.54, 1.807) is 6.33 Å². The van der Waals surface area contributed by atoms with Gasteiger partial charge in [0.25, 0.3) is 0 Å². The van der Waals surface area contributed by atoms with Crippen molar-refractivity contribution in [1.82, 2.24) is 15.3 Å². The molecule has 0 bridgehead atoms. The van der Waals surface area contributed by atoms with Gasteiger partial charge in [0, 0.05) is 11.6 Å². The lowest BCUT2D eigenvalue weighted by molar-refractivity contribution is 0.370. The molecule has 4 N–H and O–H groups in total. The summed E-state index contributed by atoms with van der Waals surface area (Å²) >= 11 is 0. The number of aromatic amines is 1. The summed E-state index contributed by atoms with van der Waals surface area (Å²) in [6.07, 6.45) is 1.70. The van der Waals surface area contributed by atoms with Crippen molar-refractivity contribution in [2.75, 3.05) is 7.05 Å². The molecule has 1 aromatic heterocycles. The number of benzene rings is 1. The number of hydrogen-bond acceptors (Lipinski definition) is 3. The summed E-state index contributed by atoms with van der Waals surface area (Å²) < 4.78 is 0. The van der Waals surface area contributed by atoms with Gasteiger partial charge in [-0.15, -0.1) is 0 Å². The molecular formula is C12H18N4. The molecule has 4 nitrogen and oxygen atoms in total. The van der Waals surface area contributed by atoms with Crippen LogP contribution in [0.1, 0.15) is 25.5 Å². The molecule has 0 aliphatic carbocycles. The van der Waals surface area contributed by atoms with E-state index >= 15 is 0 Å². The minimum atomic E-state index is -0.303. The number of H-pyrrole nitrogens is 1. The van der Waals surface area contributed by atoms with E-state index in [9.17, 15) is 0 Å². The molecule has 0 aliphatic rings. The summed E-state index contributed by atoms with van der Waals surface area (Å²) in [7, 11) is 1.93. The molecule has 0 fully saturated rings. The van der Waals surface area contributed by atoms with Crippen LogP contribution < -0.4 is 11.1 Å². The fraction of sp³-hybridized carbons (Fsp3) is 0.417. The molecule has 4 heteroatoms. The van der Waals surface area contributed by atoms with Crippen LogP contribution in [0.25, 0.3) is 11.0 Å². The predicted octanol–water partition coefficient (Wildman–Crippen LogP) is 1.56. The van der Waals surface area contributed by atoms with Crippen LogP contribution >= 0.6 is 0 Å². The van der Waals surface area contributed by atoms with Crippen molar-refractivity contribution >= 4 is 11.0 Å². The van der Waals surface area contributed by atoms with Crippen molar-refractivity contribution in [3.63, 3.8) is 0 Å². The maximum atomic E-state index is 6.15. The molecule has 0 saturated carbocycles. The second-order valence-corrected chi connectivity index (χ2v) is 4.72. The number of nitrogens with two attached hydrogens (primary N) is 1. The largest absolute Gasteiger partial charge is 0.345 e. The Morgan fingerprint density at radius 2 is 2.19 bits per heavy atom. The Kier molecular flexibility index (Phi) is 2.69. The van der Waals surface area contributed by atoms with Gasteiger partial charge >= 0.3 is 0 Å². The molecule has 2 rings (SSSR count). The monoisotopic (exact) mass is 218 g/mol. The number of aromatic nitrogens is 2. The summed E-state index contributed by atoms with van der Waals surface area (Å²) in [5.74, 6) is 0. The Labute approximate surface area is 95.3 Å². The lowest BCUT2D eigenvalue weighted by Gasteiger charge is -2.30. The molecule has 0 saturated heterocycles. The van der Waals surface area contributed by atoms with Crippen molar-refractivity contribution in [3.8, 4) is 0 Å². The van der Waals surface area contributed by atoms with E-state index in [-0.39, 0.29) is 11.6 Å². The van der Waals surface area contributed by atoms with Crippen molar-refractivity contribution < 1.29 is 0 Å². The highest BCUT2D eigenvalue weighted by molar-refractivity contribution is 5.75. The first-order valence-electron chi connectivity index (χ1n) is 5.41.